The van der Waals surface area contributed by atoms with Gasteiger partial charge in [-0.25, -0.2) is 17.5 Å². The highest BCUT2D eigenvalue weighted by atomic mass is 32.2. The third kappa shape index (κ3) is 4.57. The fourth-order valence-corrected chi connectivity index (χ4v) is 3.52. The number of para-hydroxylation sites is 1. The Hall–Kier alpha value is -3.04. The van der Waals surface area contributed by atoms with Crippen LogP contribution >= 0.6 is 0 Å². The Morgan fingerprint density at radius 1 is 1.07 bits per heavy atom. The molecule has 9 heteroatoms. The van der Waals surface area contributed by atoms with Crippen LogP contribution in [0.25, 0.3) is 10.9 Å². The van der Waals surface area contributed by atoms with E-state index in [9.17, 15) is 22.4 Å². The van der Waals surface area contributed by atoms with Gasteiger partial charge in [0.05, 0.1) is 10.6 Å². The van der Waals surface area contributed by atoms with Crippen molar-refractivity contribution in [3.8, 4) is 0 Å². The van der Waals surface area contributed by atoms with E-state index in [0.29, 0.717) is 10.9 Å². The third-order valence-corrected chi connectivity index (χ3v) is 5.26. The number of rotatable bonds is 6. The van der Waals surface area contributed by atoms with E-state index in [4.69, 9.17) is 0 Å². The van der Waals surface area contributed by atoms with Crippen molar-refractivity contribution in [1.29, 1.82) is 0 Å². The average Bonchev–Trinajstić information content (AvgIpc) is 2.63. The summed E-state index contributed by atoms with van der Waals surface area (Å²) in [4.78, 5) is 25.7. The SMILES string of the molecule is O=C(CCNS(=O)(=O)c1ccc2[nH]c(=O)ccc2c1)Nc1ccccc1F. The summed E-state index contributed by atoms with van der Waals surface area (Å²) in [6.07, 6.45) is -0.158. The van der Waals surface area contributed by atoms with E-state index in [1.165, 1.54) is 48.5 Å². The quantitative estimate of drug-likeness (QED) is 0.599. The van der Waals surface area contributed by atoms with E-state index in [0.717, 1.165) is 0 Å². The fraction of sp³-hybridized carbons (Fsp3) is 0.111. The number of nitrogens with one attached hydrogen (secondary N) is 3. The predicted octanol–water partition coefficient (Wildman–Crippen LogP) is 1.97. The molecule has 2 aromatic carbocycles. The lowest BCUT2D eigenvalue weighted by molar-refractivity contribution is -0.116. The molecule has 1 aromatic heterocycles. The normalized spacial score (nSPS) is 11.4. The number of carbonyl (C=O) groups is 1. The number of amides is 1. The number of hydrogen-bond donors (Lipinski definition) is 3. The van der Waals surface area contributed by atoms with E-state index >= 15 is 0 Å². The zero-order valence-corrected chi connectivity index (χ0v) is 14.8. The van der Waals surface area contributed by atoms with Crippen molar-refractivity contribution in [3.63, 3.8) is 0 Å². The number of anilines is 1. The zero-order valence-electron chi connectivity index (χ0n) is 14.0. The number of hydrogen-bond acceptors (Lipinski definition) is 4. The van der Waals surface area contributed by atoms with Crippen LogP contribution in [0.4, 0.5) is 10.1 Å². The molecule has 3 N–H and O–H groups in total. The van der Waals surface area contributed by atoms with Crippen molar-refractivity contribution >= 4 is 32.5 Å². The molecule has 7 nitrogen and oxygen atoms in total. The third-order valence-electron chi connectivity index (χ3n) is 3.80. The molecule has 0 saturated carbocycles. The second-order valence-electron chi connectivity index (χ2n) is 5.75. The van der Waals surface area contributed by atoms with Gasteiger partial charge in [-0.1, -0.05) is 12.1 Å². The standard InChI is InChI=1S/C18H16FN3O4S/c19-14-3-1-2-4-16(14)22-18(24)9-10-20-27(25,26)13-6-7-15-12(11-13)5-8-17(23)21-15/h1-8,11,20H,9-10H2,(H,21,23)(H,22,24). The van der Waals surface area contributed by atoms with Gasteiger partial charge in [0, 0.05) is 24.5 Å². The van der Waals surface area contributed by atoms with Gasteiger partial charge in [0.2, 0.25) is 21.5 Å². The first-order chi connectivity index (χ1) is 12.8. The molecule has 0 fully saturated rings. The maximum atomic E-state index is 13.5. The lowest BCUT2D eigenvalue weighted by atomic mass is 10.2. The molecule has 0 aliphatic rings. The number of fused-ring (bicyclic) bond motifs is 1. The van der Waals surface area contributed by atoms with Gasteiger partial charge in [0.15, 0.2) is 0 Å². The summed E-state index contributed by atoms with van der Waals surface area (Å²) in [5.41, 5.74) is 0.275. The second kappa shape index (κ2) is 7.68. The molecule has 0 bridgehead atoms. The van der Waals surface area contributed by atoms with Crippen LogP contribution in [0.2, 0.25) is 0 Å². The minimum atomic E-state index is -3.83. The van der Waals surface area contributed by atoms with Crippen molar-refractivity contribution in [3.05, 3.63) is 70.8 Å². The van der Waals surface area contributed by atoms with Gasteiger partial charge >= 0.3 is 0 Å². The van der Waals surface area contributed by atoms with Crippen molar-refractivity contribution in [2.24, 2.45) is 0 Å². The number of benzene rings is 2. The summed E-state index contributed by atoms with van der Waals surface area (Å²) in [5, 5.41) is 2.95. The Kier molecular flexibility index (Phi) is 5.33. The van der Waals surface area contributed by atoms with E-state index in [1.807, 2.05) is 0 Å². The van der Waals surface area contributed by atoms with E-state index in [2.05, 4.69) is 15.0 Å². The van der Waals surface area contributed by atoms with Gasteiger partial charge in [-0.15, -0.1) is 0 Å². The smallest absolute Gasteiger partial charge is 0.248 e. The van der Waals surface area contributed by atoms with E-state index in [-0.39, 0.29) is 29.1 Å². The number of sulfonamides is 1. The van der Waals surface area contributed by atoms with Gasteiger partial charge in [-0.05, 0) is 41.8 Å². The van der Waals surface area contributed by atoms with Crippen LogP contribution in [0, 0.1) is 5.82 Å². The fourth-order valence-electron chi connectivity index (χ4n) is 2.46. The van der Waals surface area contributed by atoms with Crippen LogP contribution in [-0.4, -0.2) is 25.9 Å². The van der Waals surface area contributed by atoms with Crippen molar-refractivity contribution < 1.29 is 17.6 Å². The van der Waals surface area contributed by atoms with Crippen molar-refractivity contribution in [2.75, 3.05) is 11.9 Å². The Morgan fingerprint density at radius 3 is 2.63 bits per heavy atom. The minimum Gasteiger partial charge on any atom is -0.324 e. The Morgan fingerprint density at radius 2 is 1.85 bits per heavy atom. The van der Waals surface area contributed by atoms with Gasteiger partial charge in [0.1, 0.15) is 5.82 Å². The Labute approximate surface area is 154 Å². The van der Waals surface area contributed by atoms with E-state index in [1.54, 1.807) is 6.07 Å². The number of aromatic nitrogens is 1. The second-order valence-corrected chi connectivity index (χ2v) is 7.51. The van der Waals surface area contributed by atoms with Gasteiger partial charge < -0.3 is 10.3 Å². The maximum Gasteiger partial charge on any atom is 0.248 e. The first-order valence-electron chi connectivity index (χ1n) is 8.02. The molecule has 1 amide bonds. The number of halogens is 1. The van der Waals surface area contributed by atoms with Gasteiger partial charge in [0.25, 0.3) is 0 Å². The van der Waals surface area contributed by atoms with Crippen LogP contribution < -0.4 is 15.6 Å². The Bertz CT molecular complexity index is 1160. The highest BCUT2D eigenvalue weighted by molar-refractivity contribution is 7.89. The molecule has 0 aliphatic carbocycles. The van der Waals surface area contributed by atoms with Crippen LogP contribution in [-0.2, 0) is 14.8 Å². The summed E-state index contributed by atoms with van der Waals surface area (Å²) in [6, 6.07) is 12.8. The molecule has 0 atom stereocenters. The van der Waals surface area contributed by atoms with Gasteiger partial charge in [-0.3, -0.25) is 9.59 Å². The van der Waals surface area contributed by atoms with Crippen LogP contribution in [0.1, 0.15) is 6.42 Å². The average molecular weight is 389 g/mol. The van der Waals surface area contributed by atoms with Gasteiger partial charge in [-0.2, -0.15) is 0 Å². The minimum absolute atomic E-state index is 0.0107. The molecule has 27 heavy (non-hydrogen) atoms. The first kappa shape index (κ1) is 18.7. The summed E-state index contributed by atoms with van der Waals surface area (Å²) in [7, 11) is -3.83. The monoisotopic (exact) mass is 389 g/mol. The topological polar surface area (TPSA) is 108 Å². The van der Waals surface area contributed by atoms with Crippen LogP contribution in [0.5, 0.6) is 0 Å². The molecule has 140 valence electrons. The summed E-state index contributed by atoms with van der Waals surface area (Å²) < 4.78 is 40.5. The number of carbonyl (C=O) groups excluding carboxylic acids is 1. The molecule has 0 radical (unpaired) electrons. The molecule has 0 unspecified atom stereocenters. The molecular formula is C18H16FN3O4S. The molecule has 0 saturated heterocycles. The number of aromatic amines is 1. The van der Waals surface area contributed by atoms with Crippen molar-refractivity contribution in [2.45, 2.75) is 11.3 Å². The molecule has 0 spiro atoms. The maximum absolute atomic E-state index is 13.5. The number of pyridine rings is 1. The first-order valence-corrected chi connectivity index (χ1v) is 9.51. The molecule has 3 aromatic rings. The summed E-state index contributed by atoms with van der Waals surface area (Å²) >= 11 is 0. The highest BCUT2D eigenvalue weighted by Crippen LogP contribution is 2.16. The lowest BCUT2D eigenvalue weighted by Gasteiger charge is -2.09. The van der Waals surface area contributed by atoms with Crippen molar-refractivity contribution in [1.82, 2.24) is 9.71 Å². The highest BCUT2D eigenvalue weighted by Gasteiger charge is 2.15. The molecular weight excluding hydrogens is 373 g/mol. The largest absolute Gasteiger partial charge is 0.324 e. The molecule has 0 aliphatic heterocycles. The molecule has 3 rings (SSSR count). The molecule has 1 heterocycles. The van der Waals surface area contributed by atoms with Crippen LogP contribution in [0.3, 0.4) is 0 Å². The lowest BCUT2D eigenvalue weighted by Crippen LogP contribution is -2.28. The summed E-state index contributed by atoms with van der Waals surface area (Å²) in [5.74, 6) is -1.08. The number of H-pyrrole nitrogens is 1. The summed E-state index contributed by atoms with van der Waals surface area (Å²) in [6.45, 7) is -0.147. The Balaban J connectivity index is 1.63. The predicted molar refractivity (Wildman–Crippen MR) is 99.4 cm³/mol. The zero-order chi connectivity index (χ0) is 19.4. The van der Waals surface area contributed by atoms with E-state index < -0.39 is 21.7 Å². The van der Waals surface area contributed by atoms with Crippen LogP contribution in [0.15, 0.2) is 64.3 Å².